The van der Waals surface area contributed by atoms with Crippen LogP contribution in [0, 0.1) is 20.8 Å². The Kier molecular flexibility index (Phi) is 19.5. The number of nitrogens with zero attached hydrogens (tertiary/aromatic N) is 3. The molecule has 0 amide bonds. The van der Waals surface area contributed by atoms with Crippen molar-refractivity contribution in [3.63, 3.8) is 0 Å². The van der Waals surface area contributed by atoms with Crippen molar-refractivity contribution in [3.05, 3.63) is 163 Å². The van der Waals surface area contributed by atoms with Crippen LogP contribution in [-0.4, -0.2) is 80.9 Å². The van der Waals surface area contributed by atoms with Gasteiger partial charge >= 0.3 is 11.9 Å². The van der Waals surface area contributed by atoms with Crippen LogP contribution in [0.15, 0.2) is 103 Å². The number of aliphatic carboxylic acids is 2. The number of nitrogens with one attached hydrogen (secondary N) is 2. The van der Waals surface area contributed by atoms with Crippen molar-refractivity contribution in [1.82, 2.24) is 20.6 Å². The highest BCUT2D eigenvalue weighted by molar-refractivity contribution is 6.32. The molecule has 0 unspecified atom stereocenters. The van der Waals surface area contributed by atoms with E-state index in [2.05, 4.69) is 37.7 Å². The minimum atomic E-state index is -1.09. The number of carboxylic acids is 2. The number of hydrogen-bond donors (Lipinski definition) is 6. The summed E-state index contributed by atoms with van der Waals surface area (Å²) in [5.41, 5.74) is 10.5. The van der Waals surface area contributed by atoms with E-state index in [9.17, 15) is 30.0 Å². The molecule has 0 aliphatic rings. The lowest BCUT2D eigenvalue weighted by molar-refractivity contribution is -0.140. The standard InChI is InChI=1S/C53H57Cl2N5O10/c1-32-15-36(24-57-21-32)28-67-48-19-50(44(54)17-40(48)26-59-46(11-13-61)52(63)64)69-30-38-7-5-9-42(33(38)2)43-10-6-8-39(34(43)3)31-70-51-20-49(68-29-37-16-35(22-56-4)23-58-25-37)41(18-45(51)55)27-60-47(12-14-62)53(65)66/h5-10,15-25,46-47,59-62H,11-14,26-31H2,1-4H3,(H,63,64)(H,65,66)/t46-,47-/m1/s1. The SMILES string of the molecule is CN=Cc1cncc(COc2cc(OCc3cccc(-c4cccc(COc5cc(OCc6cncc(C)c6)c(CN[C@H](CCO)C(=O)O)cc5Cl)c4C)c3C)c(Cl)cc2CN[C@H](CCO)C(=O)O)c1. The first-order valence-electron chi connectivity index (χ1n) is 22.5. The number of pyridine rings is 2. The number of aryl methyl sites for hydroxylation is 1. The van der Waals surface area contributed by atoms with Gasteiger partial charge in [-0.1, -0.05) is 59.6 Å². The summed E-state index contributed by atoms with van der Waals surface area (Å²) in [6, 6.07) is 20.7. The molecule has 2 aromatic heterocycles. The molecule has 0 aliphatic heterocycles. The fourth-order valence-corrected chi connectivity index (χ4v) is 8.15. The average molecular weight is 995 g/mol. The van der Waals surface area contributed by atoms with Gasteiger partial charge in [0.05, 0.1) is 10.0 Å². The maximum Gasteiger partial charge on any atom is 0.320 e. The van der Waals surface area contributed by atoms with Crippen LogP contribution in [-0.2, 0) is 49.1 Å². The maximum absolute atomic E-state index is 11.8. The topological polar surface area (TPSA) is 214 Å². The van der Waals surface area contributed by atoms with Crippen LogP contribution in [0.5, 0.6) is 23.0 Å². The molecule has 4 aromatic carbocycles. The predicted molar refractivity (Wildman–Crippen MR) is 268 cm³/mol. The smallest absolute Gasteiger partial charge is 0.320 e. The van der Waals surface area contributed by atoms with Gasteiger partial charge in [-0.25, -0.2) is 0 Å². The minimum Gasteiger partial charge on any atom is -0.488 e. The van der Waals surface area contributed by atoms with E-state index < -0.39 is 24.0 Å². The third-order valence-electron chi connectivity index (χ3n) is 11.5. The molecule has 70 heavy (non-hydrogen) atoms. The second-order valence-corrected chi connectivity index (χ2v) is 17.4. The molecule has 0 radical (unpaired) electrons. The summed E-state index contributed by atoms with van der Waals surface area (Å²) in [5, 5.41) is 44.7. The normalized spacial score (nSPS) is 12.2. The van der Waals surface area contributed by atoms with Crippen LogP contribution >= 0.6 is 23.2 Å². The highest BCUT2D eigenvalue weighted by Gasteiger charge is 2.21. The summed E-state index contributed by atoms with van der Waals surface area (Å²) >= 11 is 13.6. The highest BCUT2D eigenvalue weighted by Crippen LogP contribution is 2.37. The van der Waals surface area contributed by atoms with Crippen molar-refractivity contribution >= 4 is 41.4 Å². The van der Waals surface area contributed by atoms with Gasteiger partial charge < -0.3 is 50.0 Å². The van der Waals surface area contributed by atoms with E-state index in [0.717, 1.165) is 55.6 Å². The number of ether oxygens (including phenoxy) is 4. The largest absolute Gasteiger partial charge is 0.488 e. The lowest BCUT2D eigenvalue weighted by atomic mass is 9.92. The van der Waals surface area contributed by atoms with E-state index in [1.165, 1.54) is 0 Å². The summed E-state index contributed by atoms with van der Waals surface area (Å²) < 4.78 is 25.3. The van der Waals surface area contributed by atoms with Crippen molar-refractivity contribution in [2.24, 2.45) is 4.99 Å². The summed E-state index contributed by atoms with van der Waals surface area (Å²) in [6.45, 7) is 6.34. The Morgan fingerprint density at radius 2 is 1.07 bits per heavy atom. The van der Waals surface area contributed by atoms with Crippen LogP contribution in [0.3, 0.4) is 0 Å². The molecule has 0 saturated heterocycles. The van der Waals surface area contributed by atoms with E-state index in [4.69, 9.17) is 42.1 Å². The Morgan fingerprint density at radius 1 is 0.614 bits per heavy atom. The second kappa shape index (κ2) is 25.9. The number of halogens is 2. The number of aliphatic imine (C=N–C) groups is 1. The summed E-state index contributed by atoms with van der Waals surface area (Å²) in [7, 11) is 1.68. The van der Waals surface area contributed by atoms with E-state index in [0.29, 0.717) is 44.2 Å². The van der Waals surface area contributed by atoms with Crippen molar-refractivity contribution in [2.45, 2.75) is 85.2 Å². The molecular formula is C53H57Cl2N5O10. The zero-order valence-corrected chi connectivity index (χ0v) is 40.9. The summed E-state index contributed by atoms with van der Waals surface area (Å²) in [5.74, 6) is -0.547. The van der Waals surface area contributed by atoms with Gasteiger partial charge in [0.15, 0.2) is 0 Å². The highest BCUT2D eigenvalue weighted by atomic mass is 35.5. The fourth-order valence-electron chi connectivity index (χ4n) is 7.67. The number of aromatic nitrogens is 2. The average Bonchev–Trinajstić information content (AvgIpc) is 3.33. The van der Waals surface area contributed by atoms with Gasteiger partial charge in [-0.05, 0) is 96.8 Å². The van der Waals surface area contributed by atoms with Crippen molar-refractivity contribution in [3.8, 4) is 34.1 Å². The zero-order chi connectivity index (χ0) is 50.2. The number of aliphatic hydroxyl groups excluding tert-OH is 2. The summed E-state index contributed by atoms with van der Waals surface area (Å²) in [6.07, 6.45) is 8.60. The molecule has 2 heterocycles. The second-order valence-electron chi connectivity index (χ2n) is 16.6. The first-order valence-corrected chi connectivity index (χ1v) is 23.3. The number of carbonyl (C=O) groups is 2. The quantitative estimate of drug-likeness (QED) is 0.0281. The number of benzene rings is 4. The minimum absolute atomic E-state index is 0.0225. The van der Waals surface area contributed by atoms with Crippen LogP contribution in [0.4, 0.5) is 0 Å². The maximum atomic E-state index is 11.8. The molecule has 368 valence electrons. The molecule has 6 N–H and O–H groups in total. The number of hydrogen-bond acceptors (Lipinski definition) is 13. The third-order valence-corrected chi connectivity index (χ3v) is 12.1. The molecule has 0 bridgehead atoms. The summed E-state index contributed by atoms with van der Waals surface area (Å²) in [4.78, 5) is 36.3. The Bertz CT molecular complexity index is 2790. The van der Waals surface area contributed by atoms with Crippen LogP contribution < -0.4 is 29.6 Å². The number of rotatable bonds is 26. The van der Waals surface area contributed by atoms with Gasteiger partial charge in [0.25, 0.3) is 0 Å². The van der Waals surface area contributed by atoms with Gasteiger partial charge in [-0.2, -0.15) is 0 Å². The van der Waals surface area contributed by atoms with E-state index in [-0.39, 0.29) is 65.6 Å². The zero-order valence-electron chi connectivity index (χ0n) is 39.4. The Labute approximate surface area is 417 Å². The number of carboxylic acid groups (broad SMARTS) is 2. The van der Waals surface area contributed by atoms with Crippen molar-refractivity contribution in [2.75, 3.05) is 20.3 Å². The molecule has 0 spiro atoms. The monoisotopic (exact) mass is 993 g/mol. The van der Waals surface area contributed by atoms with E-state index in [1.54, 1.807) is 62.3 Å². The Balaban J connectivity index is 1.20. The molecule has 0 aliphatic carbocycles. The van der Waals surface area contributed by atoms with Crippen LogP contribution in [0.2, 0.25) is 10.0 Å². The molecule has 17 heteroatoms. The molecule has 15 nitrogen and oxygen atoms in total. The lowest BCUT2D eigenvalue weighted by Gasteiger charge is -2.20. The fraction of sp³-hybridized carbons (Fsp3) is 0.302. The first-order chi connectivity index (χ1) is 33.8. The van der Waals surface area contributed by atoms with Gasteiger partial charge in [-0.3, -0.25) is 24.5 Å². The molecule has 0 fully saturated rings. The molecule has 0 saturated carbocycles. The molecule has 6 rings (SSSR count). The lowest BCUT2D eigenvalue weighted by Crippen LogP contribution is -2.37. The van der Waals surface area contributed by atoms with Gasteiger partial charge in [0.1, 0.15) is 61.5 Å². The molecule has 2 atom stereocenters. The first kappa shape index (κ1) is 52.8. The van der Waals surface area contributed by atoms with Crippen LogP contribution in [0.1, 0.15) is 68.5 Å². The molecule has 6 aromatic rings. The predicted octanol–water partition coefficient (Wildman–Crippen LogP) is 8.59. The van der Waals surface area contributed by atoms with Gasteiger partial charge in [-0.15, -0.1) is 0 Å². The van der Waals surface area contributed by atoms with Crippen LogP contribution in [0.25, 0.3) is 11.1 Å². The Hall–Kier alpha value is -6.59. The van der Waals surface area contributed by atoms with Crippen molar-refractivity contribution < 1.29 is 49.0 Å². The van der Waals surface area contributed by atoms with Gasteiger partial charge in [0.2, 0.25) is 0 Å². The van der Waals surface area contributed by atoms with E-state index >= 15 is 0 Å². The van der Waals surface area contributed by atoms with E-state index in [1.807, 2.05) is 57.2 Å². The molecular weight excluding hydrogens is 938 g/mol. The third kappa shape index (κ3) is 14.5. The van der Waals surface area contributed by atoms with Crippen molar-refractivity contribution in [1.29, 1.82) is 0 Å². The number of aliphatic hydroxyl groups is 2. The van der Waals surface area contributed by atoms with Gasteiger partial charge in [0, 0.05) is 104 Å². The Morgan fingerprint density at radius 3 is 1.51 bits per heavy atom.